The van der Waals surface area contributed by atoms with Crippen molar-refractivity contribution in [2.45, 2.75) is 46.1 Å². The Balaban J connectivity index is 2.00. The number of carbonyl (C=O) groups excluding carboxylic acids is 2. The van der Waals surface area contributed by atoms with Crippen LogP contribution in [0.5, 0.6) is 0 Å². The van der Waals surface area contributed by atoms with E-state index in [-0.39, 0.29) is 12.2 Å². The maximum atomic E-state index is 13.0. The van der Waals surface area contributed by atoms with Crippen molar-refractivity contribution < 1.29 is 19.4 Å². The Bertz CT molecular complexity index is 1060. The first-order valence-corrected chi connectivity index (χ1v) is 10.6. The van der Waals surface area contributed by atoms with Gasteiger partial charge in [0, 0.05) is 29.9 Å². The number of allylic oxidation sites excluding steroid dienone is 3. The molecule has 6 heteroatoms. The third-order valence-corrected chi connectivity index (χ3v) is 6.83. The maximum absolute atomic E-state index is 13.0. The number of ketones is 1. The number of thiazole rings is 1. The summed E-state index contributed by atoms with van der Waals surface area (Å²) < 4.78 is 5.73. The number of rotatable bonds is 5. The molecular weight excluding hydrogens is 398 g/mol. The number of hydrogen-bond donors (Lipinski definition) is 1. The highest BCUT2D eigenvalue weighted by Crippen LogP contribution is 2.47. The van der Waals surface area contributed by atoms with Crippen molar-refractivity contribution in [3.05, 3.63) is 64.2 Å². The quantitative estimate of drug-likeness (QED) is 0.432. The molecule has 0 bridgehead atoms. The molecule has 1 N–H and O–H groups in total. The van der Waals surface area contributed by atoms with Crippen molar-refractivity contribution >= 4 is 33.3 Å². The molecule has 1 aliphatic carbocycles. The van der Waals surface area contributed by atoms with Crippen molar-refractivity contribution in [1.82, 2.24) is 4.98 Å². The topological polar surface area (TPSA) is 76.5 Å². The Morgan fingerprint density at radius 3 is 2.70 bits per heavy atom. The highest BCUT2D eigenvalue weighted by Gasteiger charge is 2.49. The van der Waals surface area contributed by atoms with Crippen LogP contribution in [0.4, 0.5) is 0 Å². The van der Waals surface area contributed by atoms with Gasteiger partial charge in [-0.3, -0.25) is 4.79 Å². The first-order valence-electron chi connectivity index (χ1n) is 9.83. The Hall–Kier alpha value is -2.57. The van der Waals surface area contributed by atoms with E-state index in [1.54, 1.807) is 30.4 Å². The van der Waals surface area contributed by atoms with Gasteiger partial charge in [0.05, 0.1) is 22.3 Å². The number of Topliss-reactive ketones (excluding diaryl/α,β-unsaturated/α-hetero) is 1. The molecule has 158 valence electrons. The number of methoxy groups -OCH3 is 1. The van der Waals surface area contributed by atoms with E-state index in [0.29, 0.717) is 23.1 Å². The second-order valence-electron chi connectivity index (χ2n) is 8.35. The lowest BCUT2D eigenvalue weighted by atomic mass is 9.62. The molecule has 30 heavy (non-hydrogen) atoms. The fraction of sp³-hybridized carbons (Fsp3) is 0.375. The van der Waals surface area contributed by atoms with Crippen LogP contribution in [0.3, 0.4) is 0 Å². The zero-order chi connectivity index (χ0) is 22.1. The average Bonchev–Trinajstić information content (AvgIpc) is 3.10. The molecule has 1 atom stereocenters. The minimum absolute atomic E-state index is 0.0386. The van der Waals surface area contributed by atoms with Gasteiger partial charge in [0.25, 0.3) is 0 Å². The van der Waals surface area contributed by atoms with Crippen LogP contribution in [0.15, 0.2) is 59.2 Å². The van der Waals surface area contributed by atoms with Crippen LogP contribution in [0, 0.1) is 5.41 Å². The number of nitrogens with zero attached hydrogens (tertiary/aromatic N) is 1. The first kappa shape index (κ1) is 22.1. The predicted octanol–water partition coefficient (Wildman–Crippen LogP) is 4.56. The largest absolute Gasteiger partial charge is 0.466 e. The molecule has 0 spiro atoms. The summed E-state index contributed by atoms with van der Waals surface area (Å²) in [5.41, 5.74) is 0.799. The SMILES string of the molecule is COC(=O)C=C(C)C=C[C@@]1(O)C(C)=C(Cc2nc3ccccc3s2)C(=O)CC1(C)C. The van der Waals surface area contributed by atoms with Crippen molar-refractivity contribution in [1.29, 1.82) is 0 Å². The number of ether oxygens (including phenoxy) is 1. The molecule has 0 radical (unpaired) electrons. The Morgan fingerprint density at radius 1 is 1.33 bits per heavy atom. The molecule has 0 fully saturated rings. The predicted molar refractivity (Wildman–Crippen MR) is 119 cm³/mol. The molecule has 0 unspecified atom stereocenters. The van der Waals surface area contributed by atoms with Crippen molar-refractivity contribution in [3.8, 4) is 0 Å². The Kier molecular flexibility index (Phi) is 6.11. The molecular formula is C24H27NO4S. The van der Waals surface area contributed by atoms with E-state index >= 15 is 0 Å². The summed E-state index contributed by atoms with van der Waals surface area (Å²) in [6.45, 7) is 7.34. The molecule has 0 amide bonds. The summed E-state index contributed by atoms with van der Waals surface area (Å²) in [5.74, 6) is -0.414. The van der Waals surface area contributed by atoms with Gasteiger partial charge in [0.15, 0.2) is 5.78 Å². The second kappa shape index (κ2) is 8.28. The summed E-state index contributed by atoms with van der Waals surface area (Å²) in [5, 5.41) is 12.5. The van der Waals surface area contributed by atoms with Gasteiger partial charge < -0.3 is 9.84 Å². The van der Waals surface area contributed by atoms with E-state index < -0.39 is 17.0 Å². The number of carbonyl (C=O) groups is 2. The average molecular weight is 426 g/mol. The van der Waals surface area contributed by atoms with Crippen LogP contribution in [-0.2, 0) is 20.7 Å². The third kappa shape index (κ3) is 4.16. The smallest absolute Gasteiger partial charge is 0.330 e. The summed E-state index contributed by atoms with van der Waals surface area (Å²) in [6, 6.07) is 7.88. The van der Waals surface area contributed by atoms with Gasteiger partial charge in [0.1, 0.15) is 5.60 Å². The number of fused-ring (bicyclic) bond motifs is 1. The minimum atomic E-state index is -1.32. The van der Waals surface area contributed by atoms with Gasteiger partial charge in [-0.05, 0) is 43.2 Å². The Morgan fingerprint density at radius 2 is 2.03 bits per heavy atom. The molecule has 5 nitrogen and oxygen atoms in total. The zero-order valence-corrected chi connectivity index (χ0v) is 18.8. The lowest BCUT2D eigenvalue weighted by molar-refractivity contribution is -0.134. The number of aliphatic hydroxyl groups is 1. The molecule has 1 aliphatic rings. The Labute approximate surface area is 180 Å². The summed E-state index contributed by atoms with van der Waals surface area (Å²) >= 11 is 1.56. The van der Waals surface area contributed by atoms with E-state index in [1.807, 2.05) is 45.0 Å². The van der Waals surface area contributed by atoms with Crippen LogP contribution >= 0.6 is 11.3 Å². The van der Waals surface area contributed by atoms with E-state index in [9.17, 15) is 14.7 Å². The molecule has 1 aromatic carbocycles. The molecule has 0 aliphatic heterocycles. The highest BCUT2D eigenvalue weighted by atomic mass is 32.1. The number of hydrogen-bond acceptors (Lipinski definition) is 6. The van der Waals surface area contributed by atoms with Gasteiger partial charge in [0.2, 0.25) is 0 Å². The fourth-order valence-electron chi connectivity index (χ4n) is 3.86. The first-order chi connectivity index (χ1) is 14.1. The maximum Gasteiger partial charge on any atom is 0.330 e. The number of aromatic nitrogens is 1. The van der Waals surface area contributed by atoms with Gasteiger partial charge in [-0.15, -0.1) is 11.3 Å². The molecule has 0 saturated carbocycles. The van der Waals surface area contributed by atoms with E-state index in [2.05, 4.69) is 9.72 Å². The highest BCUT2D eigenvalue weighted by molar-refractivity contribution is 7.18. The normalized spacial score (nSPS) is 22.2. The van der Waals surface area contributed by atoms with Gasteiger partial charge in [-0.1, -0.05) is 32.1 Å². The summed E-state index contributed by atoms with van der Waals surface area (Å²) in [4.78, 5) is 29.1. The van der Waals surface area contributed by atoms with E-state index in [1.165, 1.54) is 13.2 Å². The molecule has 1 heterocycles. The lowest BCUT2D eigenvalue weighted by Gasteiger charge is -2.45. The standard InChI is InChI=1S/C24H27NO4S/c1-15(12-22(27)29-5)10-11-24(28)16(2)17(19(26)14-23(24,3)4)13-21-25-18-8-6-7-9-20(18)30-21/h6-12,28H,13-14H2,1-5H3/t24-/m1/s1. The second-order valence-corrected chi connectivity index (χ2v) is 9.47. The monoisotopic (exact) mass is 425 g/mol. The molecule has 1 aromatic heterocycles. The fourth-order valence-corrected chi connectivity index (χ4v) is 4.84. The number of esters is 1. The van der Waals surface area contributed by atoms with Crippen molar-refractivity contribution in [3.63, 3.8) is 0 Å². The van der Waals surface area contributed by atoms with Crippen LogP contribution in [0.2, 0.25) is 0 Å². The van der Waals surface area contributed by atoms with E-state index in [4.69, 9.17) is 0 Å². The zero-order valence-electron chi connectivity index (χ0n) is 18.0. The van der Waals surface area contributed by atoms with Crippen LogP contribution in [-0.4, -0.2) is 34.6 Å². The summed E-state index contributed by atoms with van der Waals surface area (Å²) in [7, 11) is 1.32. The van der Waals surface area contributed by atoms with Gasteiger partial charge in [-0.25, -0.2) is 9.78 Å². The summed E-state index contributed by atoms with van der Waals surface area (Å²) in [6.07, 6.45) is 5.37. The van der Waals surface area contributed by atoms with Crippen LogP contribution in [0.25, 0.3) is 10.2 Å². The van der Waals surface area contributed by atoms with Crippen LogP contribution < -0.4 is 0 Å². The lowest BCUT2D eigenvalue weighted by Crippen LogP contribution is -2.49. The van der Waals surface area contributed by atoms with Gasteiger partial charge in [-0.2, -0.15) is 0 Å². The van der Waals surface area contributed by atoms with E-state index in [0.717, 1.165) is 15.2 Å². The van der Waals surface area contributed by atoms with Crippen molar-refractivity contribution in [2.75, 3.05) is 7.11 Å². The third-order valence-electron chi connectivity index (χ3n) is 5.80. The van der Waals surface area contributed by atoms with Gasteiger partial charge >= 0.3 is 5.97 Å². The molecule has 2 aromatic rings. The van der Waals surface area contributed by atoms with Crippen molar-refractivity contribution in [2.24, 2.45) is 5.41 Å². The molecule has 3 rings (SSSR count). The minimum Gasteiger partial charge on any atom is -0.466 e. The van der Waals surface area contributed by atoms with Crippen LogP contribution in [0.1, 0.15) is 39.1 Å². The number of benzene rings is 1. The molecule has 0 saturated heterocycles. The number of para-hydroxylation sites is 1.